The average Bonchev–Trinajstić information content (AvgIpc) is 2.15. The second-order valence-corrected chi connectivity index (χ2v) is 2.91. The van der Waals surface area contributed by atoms with Crippen molar-refractivity contribution < 1.29 is 4.79 Å². The van der Waals surface area contributed by atoms with E-state index < -0.39 is 5.91 Å². The number of hydrogen-bond acceptors (Lipinski definition) is 5. The van der Waals surface area contributed by atoms with Gasteiger partial charge in [0, 0.05) is 6.07 Å². The van der Waals surface area contributed by atoms with Gasteiger partial charge in [-0.05, 0) is 6.26 Å². The molecule has 70 valence electrons. The van der Waals surface area contributed by atoms with Crippen molar-refractivity contribution in [1.82, 2.24) is 15.4 Å². The lowest BCUT2D eigenvalue weighted by molar-refractivity contribution is 0.0947. The van der Waals surface area contributed by atoms with Crippen LogP contribution in [0.2, 0.25) is 0 Å². The zero-order valence-corrected chi connectivity index (χ0v) is 7.64. The van der Waals surface area contributed by atoms with Gasteiger partial charge in [-0.1, -0.05) is 11.8 Å². The van der Waals surface area contributed by atoms with Crippen LogP contribution in [0.1, 0.15) is 10.5 Å². The van der Waals surface area contributed by atoms with Gasteiger partial charge in [-0.3, -0.25) is 15.0 Å². The van der Waals surface area contributed by atoms with E-state index in [1.54, 1.807) is 6.26 Å². The first-order valence-corrected chi connectivity index (χ1v) is 4.56. The fourth-order valence-electron chi connectivity index (χ4n) is 0.722. The first-order valence-electron chi connectivity index (χ1n) is 3.33. The zero-order chi connectivity index (χ0) is 9.84. The smallest absolute Gasteiger partial charge is 0.284 e. The monoisotopic (exact) mass is 200 g/mol. The zero-order valence-electron chi connectivity index (χ0n) is 6.83. The fraction of sp³-hybridized carbons (Fsp3) is 0.167. The molecule has 1 amide bonds. The van der Waals surface area contributed by atoms with Gasteiger partial charge in [-0.2, -0.15) is 0 Å². The van der Waals surface area contributed by atoms with Crippen molar-refractivity contribution in [1.29, 1.82) is 0 Å². The number of rotatable bonds is 2. The number of carbonyl (C=O) groups is 1. The molecule has 0 fully saturated rings. The van der Waals surface area contributed by atoms with Crippen molar-refractivity contribution in [3.05, 3.63) is 22.1 Å². The van der Waals surface area contributed by atoms with Crippen LogP contribution >= 0.6 is 11.8 Å². The molecule has 0 saturated carbocycles. The predicted molar refractivity (Wildman–Crippen MR) is 48.3 cm³/mol. The summed E-state index contributed by atoms with van der Waals surface area (Å²) < 4.78 is 0. The molecule has 1 heterocycles. The van der Waals surface area contributed by atoms with E-state index >= 15 is 0 Å². The van der Waals surface area contributed by atoms with Gasteiger partial charge in [-0.25, -0.2) is 10.8 Å². The number of hydrazine groups is 1. The summed E-state index contributed by atoms with van der Waals surface area (Å²) in [6.07, 6.45) is 1.74. The van der Waals surface area contributed by atoms with Gasteiger partial charge in [0.25, 0.3) is 11.5 Å². The Hall–Kier alpha value is -1.34. The normalized spacial score (nSPS) is 9.69. The van der Waals surface area contributed by atoms with E-state index in [1.165, 1.54) is 11.8 Å². The van der Waals surface area contributed by atoms with E-state index in [0.717, 1.165) is 6.07 Å². The lowest BCUT2D eigenvalue weighted by Gasteiger charge is -1.99. The van der Waals surface area contributed by atoms with Gasteiger partial charge in [-0.15, -0.1) is 0 Å². The lowest BCUT2D eigenvalue weighted by atomic mass is 10.4. The summed E-state index contributed by atoms with van der Waals surface area (Å²) in [5, 5.41) is 0.381. The molecule has 6 nitrogen and oxygen atoms in total. The molecule has 0 aromatic carbocycles. The number of carbonyl (C=O) groups excluding carboxylic acids is 1. The fourth-order valence-corrected chi connectivity index (χ4v) is 1.11. The van der Waals surface area contributed by atoms with Crippen molar-refractivity contribution in [3.63, 3.8) is 0 Å². The first-order chi connectivity index (χ1) is 6.17. The molecule has 0 bridgehead atoms. The minimum absolute atomic E-state index is 0.00981. The molecule has 7 heteroatoms. The SMILES string of the molecule is CSc1nc(C(=O)NN)cc(=O)[nH]1. The van der Waals surface area contributed by atoms with Crippen LogP contribution in [0.5, 0.6) is 0 Å². The van der Waals surface area contributed by atoms with Crippen LogP contribution in [0, 0.1) is 0 Å². The number of H-pyrrole nitrogens is 1. The molecule has 0 atom stereocenters. The molecule has 0 aliphatic carbocycles. The van der Waals surface area contributed by atoms with Crippen molar-refractivity contribution in [3.8, 4) is 0 Å². The standard InChI is InChI=1S/C6H8N4O2S/c1-13-6-8-3(5(12)10-7)2-4(11)9-6/h2H,7H2,1H3,(H,10,12)(H,8,9,11). The Labute approximate surface area is 77.9 Å². The second kappa shape index (κ2) is 4.06. The molecule has 0 spiro atoms. The summed E-state index contributed by atoms with van der Waals surface area (Å²) in [6.45, 7) is 0. The van der Waals surface area contributed by atoms with E-state index in [9.17, 15) is 9.59 Å². The Morgan fingerprint density at radius 1 is 1.77 bits per heavy atom. The second-order valence-electron chi connectivity index (χ2n) is 2.11. The number of amides is 1. The van der Waals surface area contributed by atoms with E-state index in [-0.39, 0.29) is 11.3 Å². The van der Waals surface area contributed by atoms with Gasteiger partial charge >= 0.3 is 0 Å². The van der Waals surface area contributed by atoms with Crippen LogP contribution in [0.15, 0.2) is 16.0 Å². The molecular weight excluding hydrogens is 192 g/mol. The molecular formula is C6H8N4O2S. The largest absolute Gasteiger partial charge is 0.301 e. The maximum atomic E-state index is 11.0. The molecule has 0 aliphatic rings. The third-order valence-electron chi connectivity index (χ3n) is 1.28. The van der Waals surface area contributed by atoms with Gasteiger partial charge in [0.15, 0.2) is 5.16 Å². The summed E-state index contributed by atoms with van der Waals surface area (Å²) in [5.74, 6) is 4.31. The molecule has 0 radical (unpaired) electrons. The van der Waals surface area contributed by atoms with E-state index in [1.807, 2.05) is 5.43 Å². The molecule has 0 unspecified atom stereocenters. The molecule has 13 heavy (non-hydrogen) atoms. The number of nitrogen functional groups attached to an aromatic ring is 1. The Kier molecular flexibility index (Phi) is 3.04. The molecule has 1 rings (SSSR count). The summed E-state index contributed by atoms with van der Waals surface area (Å²) in [5.41, 5.74) is 1.53. The number of nitrogens with one attached hydrogen (secondary N) is 2. The minimum Gasteiger partial charge on any atom is -0.301 e. The molecule has 4 N–H and O–H groups in total. The molecule has 1 aromatic heterocycles. The Morgan fingerprint density at radius 2 is 2.46 bits per heavy atom. The quantitative estimate of drug-likeness (QED) is 0.189. The maximum absolute atomic E-state index is 11.0. The highest BCUT2D eigenvalue weighted by molar-refractivity contribution is 7.98. The van der Waals surface area contributed by atoms with Crippen LogP contribution in [0.25, 0.3) is 0 Å². The van der Waals surface area contributed by atoms with E-state index in [0.29, 0.717) is 5.16 Å². The van der Waals surface area contributed by atoms with Gasteiger partial charge in [0.05, 0.1) is 0 Å². The Bertz CT molecular complexity index is 375. The number of aromatic nitrogens is 2. The maximum Gasteiger partial charge on any atom is 0.284 e. The highest BCUT2D eigenvalue weighted by Crippen LogP contribution is 2.04. The number of nitrogens with zero attached hydrogens (tertiary/aromatic N) is 1. The third-order valence-corrected chi connectivity index (χ3v) is 1.86. The summed E-state index contributed by atoms with van der Waals surface area (Å²) >= 11 is 1.24. The number of nitrogens with two attached hydrogens (primary N) is 1. The minimum atomic E-state index is -0.582. The predicted octanol–water partition coefficient (Wildman–Crippen LogP) is -0.905. The van der Waals surface area contributed by atoms with Crippen LogP contribution < -0.4 is 16.8 Å². The van der Waals surface area contributed by atoms with Crippen LogP contribution in [0.3, 0.4) is 0 Å². The van der Waals surface area contributed by atoms with Crippen molar-refractivity contribution >= 4 is 17.7 Å². The summed E-state index contributed by atoms with van der Waals surface area (Å²) in [4.78, 5) is 28.2. The third kappa shape index (κ3) is 2.30. The molecule has 1 aromatic rings. The topological polar surface area (TPSA) is 101 Å². The molecule has 0 aliphatic heterocycles. The van der Waals surface area contributed by atoms with Crippen molar-refractivity contribution in [2.45, 2.75) is 5.16 Å². The lowest BCUT2D eigenvalue weighted by Crippen LogP contribution is -2.32. The van der Waals surface area contributed by atoms with Crippen LogP contribution in [-0.2, 0) is 0 Å². The van der Waals surface area contributed by atoms with Gasteiger partial charge < -0.3 is 4.98 Å². The van der Waals surface area contributed by atoms with E-state index in [4.69, 9.17) is 5.84 Å². The number of aromatic amines is 1. The van der Waals surface area contributed by atoms with Gasteiger partial charge in [0.2, 0.25) is 0 Å². The highest BCUT2D eigenvalue weighted by atomic mass is 32.2. The average molecular weight is 200 g/mol. The first kappa shape index (κ1) is 9.75. The van der Waals surface area contributed by atoms with Crippen molar-refractivity contribution in [2.24, 2.45) is 5.84 Å². The Morgan fingerprint density at radius 3 is 3.00 bits per heavy atom. The van der Waals surface area contributed by atoms with Crippen LogP contribution in [-0.4, -0.2) is 22.1 Å². The summed E-state index contributed by atoms with van der Waals surface area (Å²) in [6, 6.07) is 1.09. The van der Waals surface area contributed by atoms with Crippen LogP contribution in [0.4, 0.5) is 0 Å². The van der Waals surface area contributed by atoms with Crippen molar-refractivity contribution in [2.75, 3.05) is 6.26 Å². The number of hydrogen-bond donors (Lipinski definition) is 3. The van der Waals surface area contributed by atoms with Gasteiger partial charge in [0.1, 0.15) is 5.69 Å². The van der Waals surface area contributed by atoms with E-state index in [2.05, 4.69) is 9.97 Å². The Balaban J connectivity index is 3.16. The number of thioether (sulfide) groups is 1. The summed E-state index contributed by atoms with van der Waals surface area (Å²) in [7, 11) is 0. The highest BCUT2D eigenvalue weighted by Gasteiger charge is 2.07. The molecule has 0 saturated heterocycles.